The average molecular weight is 288 g/mol. The molecule has 0 saturated heterocycles. The molecule has 20 heavy (non-hydrogen) atoms. The van der Waals surface area contributed by atoms with Crippen LogP contribution in [0.2, 0.25) is 5.02 Å². The van der Waals surface area contributed by atoms with Crippen LogP contribution in [-0.2, 0) is 6.42 Å². The zero-order valence-corrected chi connectivity index (χ0v) is 13.0. The summed E-state index contributed by atoms with van der Waals surface area (Å²) in [6.07, 6.45) is 2.17. The van der Waals surface area contributed by atoms with E-state index >= 15 is 0 Å². The lowest BCUT2D eigenvalue weighted by Gasteiger charge is -2.18. The molecule has 0 aromatic heterocycles. The number of rotatable bonds is 6. The fourth-order valence-electron chi connectivity index (χ4n) is 2.50. The average Bonchev–Trinajstić information content (AvgIpc) is 2.50. The van der Waals surface area contributed by atoms with Crippen LogP contribution in [0.5, 0.6) is 0 Å². The second-order valence-corrected chi connectivity index (χ2v) is 5.53. The predicted molar refractivity (Wildman–Crippen MR) is 87.7 cm³/mol. The van der Waals surface area contributed by atoms with Crippen molar-refractivity contribution in [2.24, 2.45) is 0 Å². The Labute approximate surface area is 127 Å². The Kier molecular flexibility index (Phi) is 5.63. The van der Waals surface area contributed by atoms with Gasteiger partial charge in [-0.05, 0) is 55.3 Å². The standard InChI is InChI=1S/C18H22ClN/c1-3-14-4-6-15(7-5-14)18(12-13-20-2)16-8-10-17(19)11-9-16/h4-11,18,20H,3,12-13H2,1-2H3. The van der Waals surface area contributed by atoms with Crippen LogP contribution >= 0.6 is 11.6 Å². The lowest BCUT2D eigenvalue weighted by molar-refractivity contribution is 0.661. The minimum Gasteiger partial charge on any atom is -0.320 e. The molecule has 1 atom stereocenters. The van der Waals surface area contributed by atoms with Crippen LogP contribution in [0, 0.1) is 0 Å². The normalized spacial score (nSPS) is 12.3. The minimum atomic E-state index is 0.422. The van der Waals surface area contributed by atoms with Crippen LogP contribution in [0.4, 0.5) is 0 Å². The first-order valence-electron chi connectivity index (χ1n) is 7.23. The maximum absolute atomic E-state index is 5.99. The van der Waals surface area contributed by atoms with Crippen molar-refractivity contribution in [3.05, 3.63) is 70.2 Å². The molecule has 2 aromatic carbocycles. The number of aryl methyl sites for hydroxylation is 1. The summed E-state index contributed by atoms with van der Waals surface area (Å²) >= 11 is 5.99. The molecule has 0 fully saturated rings. The third-order valence-corrected chi connectivity index (χ3v) is 4.00. The first kappa shape index (κ1) is 15.1. The third-order valence-electron chi connectivity index (χ3n) is 3.75. The molecule has 1 nitrogen and oxygen atoms in total. The SMILES string of the molecule is CCc1ccc(C(CCNC)c2ccc(Cl)cc2)cc1. The summed E-state index contributed by atoms with van der Waals surface area (Å²) in [5.74, 6) is 0.422. The molecular weight excluding hydrogens is 266 g/mol. The van der Waals surface area contributed by atoms with Gasteiger partial charge in [0.15, 0.2) is 0 Å². The van der Waals surface area contributed by atoms with Gasteiger partial charge in [-0.3, -0.25) is 0 Å². The molecule has 2 rings (SSSR count). The second-order valence-electron chi connectivity index (χ2n) is 5.09. The van der Waals surface area contributed by atoms with Gasteiger partial charge in [0.1, 0.15) is 0 Å². The Morgan fingerprint density at radius 2 is 1.50 bits per heavy atom. The number of nitrogens with one attached hydrogen (secondary N) is 1. The zero-order chi connectivity index (χ0) is 14.4. The third kappa shape index (κ3) is 3.84. The molecule has 0 aliphatic carbocycles. The summed E-state index contributed by atoms with van der Waals surface area (Å²) < 4.78 is 0. The van der Waals surface area contributed by atoms with Crippen LogP contribution in [0.3, 0.4) is 0 Å². The molecule has 0 spiro atoms. The van der Waals surface area contributed by atoms with Crippen molar-refractivity contribution >= 4 is 11.6 Å². The summed E-state index contributed by atoms with van der Waals surface area (Å²) in [5, 5.41) is 4.04. The summed E-state index contributed by atoms with van der Waals surface area (Å²) in [4.78, 5) is 0. The van der Waals surface area contributed by atoms with Crippen molar-refractivity contribution in [2.75, 3.05) is 13.6 Å². The topological polar surface area (TPSA) is 12.0 Å². The molecule has 0 aliphatic heterocycles. The molecular formula is C18H22ClN. The van der Waals surface area contributed by atoms with E-state index in [9.17, 15) is 0 Å². The highest BCUT2D eigenvalue weighted by Crippen LogP contribution is 2.29. The van der Waals surface area contributed by atoms with Crippen molar-refractivity contribution in [1.82, 2.24) is 5.32 Å². The first-order valence-corrected chi connectivity index (χ1v) is 7.61. The fraction of sp³-hybridized carbons (Fsp3) is 0.333. The molecule has 0 amide bonds. The quantitative estimate of drug-likeness (QED) is 0.816. The Morgan fingerprint density at radius 3 is 2.00 bits per heavy atom. The Morgan fingerprint density at radius 1 is 0.950 bits per heavy atom. The van der Waals surface area contributed by atoms with Crippen molar-refractivity contribution in [3.63, 3.8) is 0 Å². The molecule has 2 aromatic rings. The Hall–Kier alpha value is -1.31. The van der Waals surface area contributed by atoms with Gasteiger partial charge in [0.2, 0.25) is 0 Å². The van der Waals surface area contributed by atoms with Crippen molar-refractivity contribution < 1.29 is 0 Å². The van der Waals surface area contributed by atoms with Crippen LogP contribution in [0.15, 0.2) is 48.5 Å². The molecule has 0 heterocycles. The van der Waals surface area contributed by atoms with Gasteiger partial charge in [0.05, 0.1) is 0 Å². The van der Waals surface area contributed by atoms with Gasteiger partial charge in [-0.1, -0.05) is 54.9 Å². The Balaban J connectivity index is 2.27. The van der Waals surface area contributed by atoms with Crippen molar-refractivity contribution in [2.45, 2.75) is 25.7 Å². The highest BCUT2D eigenvalue weighted by Gasteiger charge is 2.13. The first-order chi connectivity index (χ1) is 9.74. The molecule has 1 unspecified atom stereocenters. The lowest BCUT2D eigenvalue weighted by Crippen LogP contribution is -2.13. The van der Waals surface area contributed by atoms with Gasteiger partial charge in [-0.2, -0.15) is 0 Å². The summed E-state index contributed by atoms with van der Waals surface area (Å²) in [7, 11) is 2.00. The highest BCUT2D eigenvalue weighted by atomic mass is 35.5. The summed E-state index contributed by atoms with van der Waals surface area (Å²) in [5.41, 5.74) is 4.09. The molecule has 0 radical (unpaired) electrons. The maximum atomic E-state index is 5.99. The fourth-order valence-corrected chi connectivity index (χ4v) is 2.62. The van der Waals surface area contributed by atoms with Gasteiger partial charge >= 0.3 is 0 Å². The smallest absolute Gasteiger partial charge is 0.0406 e. The van der Waals surface area contributed by atoms with E-state index in [2.05, 4.69) is 48.6 Å². The van der Waals surface area contributed by atoms with Crippen molar-refractivity contribution in [1.29, 1.82) is 0 Å². The molecule has 0 bridgehead atoms. The highest BCUT2D eigenvalue weighted by molar-refractivity contribution is 6.30. The number of benzene rings is 2. The molecule has 1 N–H and O–H groups in total. The minimum absolute atomic E-state index is 0.422. The lowest BCUT2D eigenvalue weighted by atomic mass is 9.88. The van der Waals surface area contributed by atoms with E-state index < -0.39 is 0 Å². The van der Waals surface area contributed by atoms with E-state index in [1.807, 2.05) is 19.2 Å². The second kappa shape index (κ2) is 7.47. The molecule has 106 valence electrons. The summed E-state index contributed by atoms with van der Waals surface area (Å²) in [6, 6.07) is 17.2. The van der Waals surface area contributed by atoms with Crippen LogP contribution in [-0.4, -0.2) is 13.6 Å². The van der Waals surface area contributed by atoms with E-state index in [4.69, 9.17) is 11.6 Å². The summed E-state index contributed by atoms with van der Waals surface area (Å²) in [6.45, 7) is 3.19. The van der Waals surface area contributed by atoms with Crippen molar-refractivity contribution in [3.8, 4) is 0 Å². The Bertz CT molecular complexity index is 516. The monoisotopic (exact) mass is 287 g/mol. The number of hydrogen-bond acceptors (Lipinski definition) is 1. The predicted octanol–water partition coefficient (Wildman–Crippen LogP) is 4.64. The zero-order valence-electron chi connectivity index (χ0n) is 12.2. The van der Waals surface area contributed by atoms with Crippen LogP contribution < -0.4 is 5.32 Å². The molecule has 0 saturated carbocycles. The maximum Gasteiger partial charge on any atom is 0.0406 e. The van der Waals surface area contributed by atoms with Gasteiger partial charge in [-0.25, -0.2) is 0 Å². The molecule has 2 heteroatoms. The van der Waals surface area contributed by atoms with E-state index in [0.29, 0.717) is 5.92 Å². The van der Waals surface area contributed by atoms with Gasteiger partial charge in [-0.15, -0.1) is 0 Å². The van der Waals surface area contributed by atoms with E-state index in [1.165, 1.54) is 16.7 Å². The van der Waals surface area contributed by atoms with E-state index in [0.717, 1.165) is 24.4 Å². The largest absolute Gasteiger partial charge is 0.320 e. The van der Waals surface area contributed by atoms with Crippen LogP contribution in [0.1, 0.15) is 36.0 Å². The van der Waals surface area contributed by atoms with Crippen LogP contribution in [0.25, 0.3) is 0 Å². The van der Waals surface area contributed by atoms with E-state index in [1.54, 1.807) is 0 Å². The van der Waals surface area contributed by atoms with Gasteiger partial charge in [0.25, 0.3) is 0 Å². The number of halogens is 1. The van der Waals surface area contributed by atoms with Gasteiger partial charge < -0.3 is 5.32 Å². The molecule has 0 aliphatic rings. The number of hydrogen-bond donors (Lipinski definition) is 1. The van der Waals surface area contributed by atoms with E-state index in [-0.39, 0.29) is 0 Å². The van der Waals surface area contributed by atoms with Gasteiger partial charge in [0, 0.05) is 10.9 Å².